The van der Waals surface area contributed by atoms with E-state index < -0.39 is 0 Å². The summed E-state index contributed by atoms with van der Waals surface area (Å²) in [6, 6.07) is 0. The van der Waals surface area contributed by atoms with Gasteiger partial charge in [-0.1, -0.05) is 32.6 Å². The van der Waals surface area contributed by atoms with Gasteiger partial charge in [-0.3, -0.25) is 0 Å². The number of unbranched alkanes of at least 4 members (excludes halogenated alkanes) is 1. The van der Waals surface area contributed by atoms with Gasteiger partial charge in [-0.2, -0.15) is 0 Å². The molecule has 11 heavy (non-hydrogen) atoms. The fourth-order valence-electron chi connectivity index (χ4n) is 1.64. The zero-order valence-corrected chi connectivity index (χ0v) is 7.64. The molecule has 1 aliphatic rings. The van der Waals surface area contributed by atoms with Crippen LogP contribution in [0.3, 0.4) is 0 Å². The van der Waals surface area contributed by atoms with Gasteiger partial charge >= 0.3 is 0 Å². The lowest BCUT2D eigenvalue weighted by Crippen LogP contribution is -2.10. The second-order valence-corrected chi connectivity index (χ2v) is 3.48. The Hall–Kier alpha value is -0.0400. The van der Waals surface area contributed by atoms with E-state index in [0.29, 0.717) is 6.10 Å². The summed E-state index contributed by atoms with van der Waals surface area (Å²) in [5.74, 6) is 0. The lowest BCUT2D eigenvalue weighted by Gasteiger charge is -2.13. The zero-order valence-electron chi connectivity index (χ0n) is 7.64. The molecule has 1 aliphatic heterocycles. The summed E-state index contributed by atoms with van der Waals surface area (Å²) >= 11 is 0. The highest BCUT2D eigenvalue weighted by Crippen LogP contribution is 2.17. The average molecular weight is 156 g/mol. The van der Waals surface area contributed by atoms with E-state index in [0.717, 1.165) is 6.61 Å². The summed E-state index contributed by atoms with van der Waals surface area (Å²) in [4.78, 5) is 0. The first kappa shape index (κ1) is 9.05. The van der Waals surface area contributed by atoms with Crippen molar-refractivity contribution in [2.75, 3.05) is 6.61 Å². The van der Waals surface area contributed by atoms with Crippen molar-refractivity contribution in [3.05, 3.63) is 0 Å². The predicted octanol–water partition coefficient (Wildman–Crippen LogP) is 3.14. The van der Waals surface area contributed by atoms with Crippen molar-refractivity contribution in [2.45, 2.75) is 58.0 Å². The summed E-state index contributed by atoms with van der Waals surface area (Å²) in [6.07, 6.45) is 9.87. The maximum absolute atomic E-state index is 5.70. The number of ether oxygens (including phenoxy) is 1. The molecule has 0 aliphatic carbocycles. The van der Waals surface area contributed by atoms with Crippen LogP contribution in [-0.4, -0.2) is 12.7 Å². The van der Waals surface area contributed by atoms with Gasteiger partial charge < -0.3 is 4.74 Å². The molecule has 0 saturated carbocycles. The van der Waals surface area contributed by atoms with Gasteiger partial charge in [0.15, 0.2) is 0 Å². The van der Waals surface area contributed by atoms with Crippen molar-refractivity contribution in [1.29, 1.82) is 0 Å². The zero-order chi connectivity index (χ0) is 7.94. The molecule has 1 fully saturated rings. The Morgan fingerprint density at radius 3 is 3.00 bits per heavy atom. The van der Waals surface area contributed by atoms with Crippen LogP contribution in [0.4, 0.5) is 0 Å². The average Bonchev–Trinajstić information content (AvgIpc) is 2.28. The lowest BCUT2D eigenvalue weighted by atomic mass is 10.1. The largest absolute Gasteiger partial charge is 0.378 e. The second-order valence-electron chi connectivity index (χ2n) is 3.48. The minimum atomic E-state index is 0.595. The summed E-state index contributed by atoms with van der Waals surface area (Å²) < 4.78 is 5.70. The lowest BCUT2D eigenvalue weighted by molar-refractivity contribution is 0.0514. The summed E-state index contributed by atoms with van der Waals surface area (Å²) in [7, 11) is 0. The third kappa shape index (κ3) is 3.76. The molecule has 1 heteroatoms. The minimum Gasteiger partial charge on any atom is -0.378 e. The highest BCUT2D eigenvalue weighted by molar-refractivity contribution is 4.62. The fraction of sp³-hybridized carbons (Fsp3) is 1.00. The molecule has 0 spiro atoms. The van der Waals surface area contributed by atoms with E-state index >= 15 is 0 Å². The van der Waals surface area contributed by atoms with E-state index in [4.69, 9.17) is 4.74 Å². The number of hydrogen-bond donors (Lipinski definition) is 0. The Morgan fingerprint density at radius 1 is 1.27 bits per heavy atom. The molecular weight excluding hydrogens is 136 g/mol. The first-order chi connectivity index (χ1) is 5.43. The van der Waals surface area contributed by atoms with Crippen LogP contribution in [0.25, 0.3) is 0 Å². The maximum atomic E-state index is 5.70. The van der Waals surface area contributed by atoms with E-state index in [2.05, 4.69) is 6.92 Å². The Balaban J connectivity index is 2.09. The topological polar surface area (TPSA) is 9.23 Å². The molecule has 0 amide bonds. The Morgan fingerprint density at radius 2 is 2.18 bits per heavy atom. The van der Waals surface area contributed by atoms with Crippen molar-refractivity contribution in [1.82, 2.24) is 0 Å². The number of rotatable bonds is 3. The van der Waals surface area contributed by atoms with E-state index in [1.165, 1.54) is 44.9 Å². The molecule has 0 radical (unpaired) electrons. The third-order valence-electron chi connectivity index (χ3n) is 2.40. The summed E-state index contributed by atoms with van der Waals surface area (Å²) in [5, 5.41) is 0. The predicted molar refractivity (Wildman–Crippen MR) is 47.7 cm³/mol. The Labute approximate surface area is 70.1 Å². The first-order valence-corrected chi connectivity index (χ1v) is 5.05. The molecule has 1 rings (SSSR count). The van der Waals surface area contributed by atoms with Crippen LogP contribution >= 0.6 is 0 Å². The highest BCUT2D eigenvalue weighted by atomic mass is 16.5. The molecular formula is C10H20O. The van der Waals surface area contributed by atoms with Gasteiger partial charge in [0, 0.05) is 6.61 Å². The van der Waals surface area contributed by atoms with Gasteiger partial charge in [0.05, 0.1) is 6.10 Å². The van der Waals surface area contributed by atoms with E-state index in [9.17, 15) is 0 Å². The highest BCUT2D eigenvalue weighted by Gasteiger charge is 2.10. The van der Waals surface area contributed by atoms with Crippen molar-refractivity contribution in [3.63, 3.8) is 0 Å². The standard InChI is InChI=1S/C10H20O/c1-2-3-7-10-8-5-4-6-9-11-10/h10H,2-9H2,1H3. The van der Waals surface area contributed by atoms with Gasteiger partial charge in [-0.05, 0) is 19.3 Å². The smallest absolute Gasteiger partial charge is 0.0575 e. The quantitative estimate of drug-likeness (QED) is 0.610. The van der Waals surface area contributed by atoms with Crippen molar-refractivity contribution < 1.29 is 4.74 Å². The molecule has 1 heterocycles. The molecule has 1 saturated heterocycles. The normalized spacial score (nSPS) is 26.5. The molecule has 0 bridgehead atoms. The molecule has 0 aromatic carbocycles. The van der Waals surface area contributed by atoms with Crippen LogP contribution < -0.4 is 0 Å². The first-order valence-electron chi connectivity index (χ1n) is 5.05. The number of hydrogen-bond acceptors (Lipinski definition) is 1. The van der Waals surface area contributed by atoms with Gasteiger partial charge in [-0.25, -0.2) is 0 Å². The fourth-order valence-corrected chi connectivity index (χ4v) is 1.64. The van der Waals surface area contributed by atoms with Gasteiger partial charge in [-0.15, -0.1) is 0 Å². The third-order valence-corrected chi connectivity index (χ3v) is 2.40. The van der Waals surface area contributed by atoms with Crippen molar-refractivity contribution in [2.24, 2.45) is 0 Å². The van der Waals surface area contributed by atoms with Crippen molar-refractivity contribution in [3.8, 4) is 0 Å². The van der Waals surface area contributed by atoms with Gasteiger partial charge in [0.25, 0.3) is 0 Å². The van der Waals surface area contributed by atoms with Crippen LogP contribution in [0.15, 0.2) is 0 Å². The van der Waals surface area contributed by atoms with Crippen molar-refractivity contribution >= 4 is 0 Å². The van der Waals surface area contributed by atoms with Crippen LogP contribution in [-0.2, 0) is 4.74 Å². The van der Waals surface area contributed by atoms with Crippen LogP contribution in [0.1, 0.15) is 51.9 Å². The maximum Gasteiger partial charge on any atom is 0.0575 e. The summed E-state index contributed by atoms with van der Waals surface area (Å²) in [6.45, 7) is 3.26. The second kappa shape index (κ2) is 5.59. The van der Waals surface area contributed by atoms with E-state index in [1.54, 1.807) is 0 Å². The molecule has 1 unspecified atom stereocenters. The molecule has 1 nitrogen and oxygen atoms in total. The minimum absolute atomic E-state index is 0.595. The van der Waals surface area contributed by atoms with Gasteiger partial charge in [0.1, 0.15) is 0 Å². The molecule has 66 valence electrons. The van der Waals surface area contributed by atoms with Gasteiger partial charge in [0.2, 0.25) is 0 Å². The molecule has 1 atom stereocenters. The Bertz CT molecular complexity index is 82.9. The molecule has 0 aromatic rings. The van der Waals surface area contributed by atoms with E-state index in [-0.39, 0.29) is 0 Å². The van der Waals surface area contributed by atoms with Crippen LogP contribution in [0.5, 0.6) is 0 Å². The van der Waals surface area contributed by atoms with Crippen LogP contribution in [0, 0.1) is 0 Å². The Kier molecular flexibility index (Phi) is 4.60. The summed E-state index contributed by atoms with van der Waals surface area (Å²) in [5.41, 5.74) is 0. The monoisotopic (exact) mass is 156 g/mol. The SMILES string of the molecule is CCCCC1CCCCCO1. The van der Waals surface area contributed by atoms with Crippen LogP contribution in [0.2, 0.25) is 0 Å². The molecule has 0 N–H and O–H groups in total. The molecule has 0 aromatic heterocycles. The van der Waals surface area contributed by atoms with E-state index in [1.807, 2.05) is 0 Å².